The quantitative estimate of drug-likeness (QED) is 0.850. The summed E-state index contributed by atoms with van der Waals surface area (Å²) in [5.74, 6) is 0.376. The summed E-state index contributed by atoms with van der Waals surface area (Å²) in [7, 11) is 1.67. The molecule has 2 unspecified atom stereocenters. The Balaban J connectivity index is 1.96. The van der Waals surface area contributed by atoms with Crippen molar-refractivity contribution in [1.82, 2.24) is 5.32 Å². The fourth-order valence-electron chi connectivity index (χ4n) is 3.20. The van der Waals surface area contributed by atoms with Crippen LogP contribution in [0, 0.1) is 5.92 Å². The largest absolute Gasteiger partial charge is 0.385 e. The average Bonchev–Trinajstić information content (AvgIpc) is 3.23. The van der Waals surface area contributed by atoms with Crippen LogP contribution in [-0.4, -0.2) is 31.0 Å². The molecular formula is C15H21NO2. The number of benzene rings is 1. The summed E-state index contributed by atoms with van der Waals surface area (Å²) in [5, 5.41) is 14.5. The number of hydrogen-bond acceptors (Lipinski definition) is 3. The van der Waals surface area contributed by atoms with E-state index in [1.165, 1.54) is 11.1 Å². The van der Waals surface area contributed by atoms with Crippen molar-refractivity contribution in [3.63, 3.8) is 0 Å². The van der Waals surface area contributed by atoms with Gasteiger partial charge in [-0.15, -0.1) is 0 Å². The lowest BCUT2D eigenvalue weighted by Crippen LogP contribution is -2.51. The van der Waals surface area contributed by atoms with Gasteiger partial charge in [0.1, 0.15) is 5.60 Å². The Labute approximate surface area is 108 Å². The third-order valence-corrected chi connectivity index (χ3v) is 4.27. The lowest BCUT2D eigenvalue weighted by molar-refractivity contribution is -0.0769. The monoisotopic (exact) mass is 247 g/mol. The fraction of sp³-hybridized carbons (Fsp3) is 0.600. The molecule has 2 atom stereocenters. The summed E-state index contributed by atoms with van der Waals surface area (Å²) in [4.78, 5) is 0. The Morgan fingerprint density at radius 2 is 2.17 bits per heavy atom. The Bertz CT molecular complexity index is 430. The van der Waals surface area contributed by atoms with Gasteiger partial charge in [-0.1, -0.05) is 24.3 Å². The van der Waals surface area contributed by atoms with Crippen LogP contribution in [0.25, 0.3) is 0 Å². The third kappa shape index (κ3) is 1.96. The first-order valence-corrected chi connectivity index (χ1v) is 6.78. The molecule has 0 radical (unpaired) electrons. The van der Waals surface area contributed by atoms with Crippen LogP contribution in [0.1, 0.15) is 30.0 Å². The van der Waals surface area contributed by atoms with E-state index in [1.54, 1.807) is 7.11 Å². The topological polar surface area (TPSA) is 41.5 Å². The van der Waals surface area contributed by atoms with Gasteiger partial charge < -0.3 is 15.2 Å². The highest BCUT2D eigenvalue weighted by Crippen LogP contribution is 2.47. The second-order valence-corrected chi connectivity index (χ2v) is 5.53. The molecule has 1 fully saturated rings. The molecule has 3 rings (SSSR count). The van der Waals surface area contributed by atoms with Crippen molar-refractivity contribution < 1.29 is 9.84 Å². The van der Waals surface area contributed by atoms with Crippen LogP contribution in [-0.2, 0) is 11.2 Å². The molecule has 0 aromatic heterocycles. The molecule has 0 spiro atoms. The van der Waals surface area contributed by atoms with E-state index < -0.39 is 5.60 Å². The molecule has 1 aromatic carbocycles. The molecule has 0 bridgehead atoms. The molecule has 98 valence electrons. The van der Waals surface area contributed by atoms with E-state index in [-0.39, 0.29) is 6.04 Å². The summed E-state index contributed by atoms with van der Waals surface area (Å²) >= 11 is 0. The molecule has 18 heavy (non-hydrogen) atoms. The smallest absolute Gasteiger partial charge is 0.110 e. The van der Waals surface area contributed by atoms with Crippen molar-refractivity contribution in [3.8, 4) is 0 Å². The van der Waals surface area contributed by atoms with Gasteiger partial charge in [0.05, 0.1) is 12.6 Å². The van der Waals surface area contributed by atoms with E-state index in [0.717, 1.165) is 25.8 Å². The average molecular weight is 247 g/mol. The first-order chi connectivity index (χ1) is 8.75. The first kappa shape index (κ1) is 12.2. The third-order valence-electron chi connectivity index (χ3n) is 4.27. The van der Waals surface area contributed by atoms with E-state index in [2.05, 4.69) is 29.6 Å². The molecule has 3 nitrogen and oxygen atoms in total. The van der Waals surface area contributed by atoms with E-state index >= 15 is 0 Å². The highest BCUT2D eigenvalue weighted by molar-refractivity contribution is 5.35. The van der Waals surface area contributed by atoms with Crippen molar-refractivity contribution >= 4 is 0 Å². The molecule has 0 saturated heterocycles. The normalized spacial score (nSPS) is 26.4. The highest BCUT2D eigenvalue weighted by atomic mass is 16.5. The molecule has 2 N–H and O–H groups in total. The first-order valence-electron chi connectivity index (χ1n) is 6.78. The van der Waals surface area contributed by atoms with Crippen LogP contribution in [0.3, 0.4) is 0 Å². The maximum Gasteiger partial charge on any atom is 0.110 e. The molecule has 1 aliphatic carbocycles. The molecule has 1 aliphatic heterocycles. The van der Waals surface area contributed by atoms with Gasteiger partial charge in [-0.25, -0.2) is 0 Å². The summed E-state index contributed by atoms with van der Waals surface area (Å²) < 4.78 is 5.29. The number of rotatable bonds is 4. The number of aliphatic hydroxyl groups is 1. The summed E-state index contributed by atoms with van der Waals surface area (Å²) in [6.07, 6.45) is 3.26. The van der Waals surface area contributed by atoms with Crippen molar-refractivity contribution in [2.45, 2.75) is 30.9 Å². The van der Waals surface area contributed by atoms with Gasteiger partial charge in [0.2, 0.25) is 0 Å². The maximum absolute atomic E-state index is 11.0. The predicted octanol–water partition coefficient (Wildman–Crippen LogP) is 1.66. The van der Waals surface area contributed by atoms with Crippen LogP contribution in [0.5, 0.6) is 0 Å². The summed E-state index contributed by atoms with van der Waals surface area (Å²) in [5.41, 5.74) is 1.84. The molecule has 3 heteroatoms. The zero-order chi connectivity index (χ0) is 12.6. The van der Waals surface area contributed by atoms with Gasteiger partial charge in [0.15, 0.2) is 0 Å². The standard InChI is InChI=1S/C15H21NO2/c1-18-10-15(17,12-6-7-12)14-13-5-3-2-4-11(13)8-9-16-14/h2-5,12,14,16-17H,6-10H2,1H3. The van der Waals surface area contributed by atoms with Crippen molar-refractivity contribution in [3.05, 3.63) is 35.4 Å². The van der Waals surface area contributed by atoms with Crippen LogP contribution in [0.15, 0.2) is 24.3 Å². The molecular weight excluding hydrogens is 226 g/mol. The van der Waals surface area contributed by atoms with Crippen LogP contribution in [0.4, 0.5) is 0 Å². The van der Waals surface area contributed by atoms with E-state index in [0.29, 0.717) is 12.5 Å². The Hall–Kier alpha value is -0.900. The minimum Gasteiger partial charge on any atom is -0.385 e. The van der Waals surface area contributed by atoms with E-state index in [1.807, 2.05) is 0 Å². The minimum atomic E-state index is -0.759. The van der Waals surface area contributed by atoms with Gasteiger partial charge in [0, 0.05) is 7.11 Å². The lowest BCUT2D eigenvalue weighted by atomic mass is 9.80. The second kappa shape index (κ2) is 4.65. The molecule has 1 saturated carbocycles. The SMILES string of the molecule is COCC(O)(C1CC1)C1NCCc2ccccc21. The number of methoxy groups -OCH3 is 1. The Morgan fingerprint density at radius 3 is 2.89 bits per heavy atom. The fourth-order valence-corrected chi connectivity index (χ4v) is 3.20. The lowest BCUT2D eigenvalue weighted by Gasteiger charge is -2.40. The molecule has 2 aliphatic rings. The van der Waals surface area contributed by atoms with Gasteiger partial charge in [-0.2, -0.15) is 0 Å². The number of hydrogen-bond donors (Lipinski definition) is 2. The van der Waals surface area contributed by atoms with Crippen molar-refractivity contribution in [2.24, 2.45) is 5.92 Å². The number of nitrogens with one attached hydrogen (secondary N) is 1. The number of fused-ring (bicyclic) bond motifs is 1. The molecule has 1 aromatic rings. The van der Waals surface area contributed by atoms with Gasteiger partial charge in [-0.3, -0.25) is 0 Å². The van der Waals surface area contributed by atoms with E-state index in [9.17, 15) is 5.11 Å². The predicted molar refractivity (Wildman–Crippen MR) is 70.4 cm³/mol. The Morgan fingerprint density at radius 1 is 1.39 bits per heavy atom. The van der Waals surface area contributed by atoms with Gasteiger partial charge in [-0.05, 0) is 42.9 Å². The zero-order valence-electron chi connectivity index (χ0n) is 10.9. The highest BCUT2D eigenvalue weighted by Gasteiger charge is 2.50. The Kier molecular flexibility index (Phi) is 3.14. The zero-order valence-corrected chi connectivity index (χ0v) is 10.9. The van der Waals surface area contributed by atoms with Crippen molar-refractivity contribution in [1.29, 1.82) is 0 Å². The number of ether oxygens (including phenoxy) is 1. The van der Waals surface area contributed by atoms with Crippen LogP contribution < -0.4 is 5.32 Å². The minimum absolute atomic E-state index is 0.00917. The van der Waals surface area contributed by atoms with E-state index in [4.69, 9.17) is 4.74 Å². The van der Waals surface area contributed by atoms with Crippen molar-refractivity contribution in [2.75, 3.05) is 20.3 Å². The second-order valence-electron chi connectivity index (χ2n) is 5.53. The summed E-state index contributed by atoms with van der Waals surface area (Å²) in [6.45, 7) is 1.34. The van der Waals surface area contributed by atoms with Gasteiger partial charge in [0.25, 0.3) is 0 Å². The molecule has 1 heterocycles. The molecule has 0 amide bonds. The van der Waals surface area contributed by atoms with Crippen LogP contribution in [0.2, 0.25) is 0 Å². The van der Waals surface area contributed by atoms with Crippen LogP contribution >= 0.6 is 0 Å². The van der Waals surface area contributed by atoms with Gasteiger partial charge >= 0.3 is 0 Å². The summed E-state index contributed by atoms with van der Waals surface area (Å²) in [6, 6.07) is 8.44. The maximum atomic E-state index is 11.0.